The first-order valence-electron chi connectivity index (χ1n) is 17.4. The van der Waals surface area contributed by atoms with E-state index in [1.165, 1.54) is 6.92 Å². The topological polar surface area (TPSA) is 119 Å². The molecule has 1 N–H and O–H groups in total. The van der Waals surface area contributed by atoms with Crippen molar-refractivity contribution in [2.24, 2.45) is 23.2 Å². The van der Waals surface area contributed by atoms with Crippen molar-refractivity contribution in [3.05, 3.63) is 112 Å². The molecule has 1 saturated carbocycles. The Labute approximate surface area is 296 Å². The van der Waals surface area contributed by atoms with E-state index in [-0.39, 0.29) is 41.4 Å². The highest BCUT2D eigenvalue weighted by atomic mass is 16.5. The molecule has 5 unspecified atom stereocenters. The third kappa shape index (κ3) is 5.13. The molecule has 8 rings (SSSR count). The molecule has 0 saturated heterocycles. The van der Waals surface area contributed by atoms with Gasteiger partial charge in [0.25, 0.3) is 5.88 Å². The van der Waals surface area contributed by atoms with Gasteiger partial charge in [-0.3, -0.25) is 24.1 Å². The Morgan fingerprint density at radius 1 is 0.980 bits per heavy atom. The molecule has 1 fully saturated rings. The predicted octanol–water partition coefficient (Wildman–Crippen LogP) is 7.41. The van der Waals surface area contributed by atoms with Gasteiger partial charge < -0.3 is 14.6 Å². The van der Waals surface area contributed by atoms with Crippen LogP contribution in [0.2, 0.25) is 0 Å². The summed E-state index contributed by atoms with van der Waals surface area (Å²) in [6.07, 6.45) is 1.07. The number of hydrogen-bond donors (Lipinski definition) is 1. The van der Waals surface area contributed by atoms with Crippen molar-refractivity contribution in [1.82, 2.24) is 10.1 Å². The maximum Gasteiger partial charge on any atom is 0.265 e. The molecule has 51 heavy (non-hydrogen) atoms. The second-order valence-corrected chi connectivity index (χ2v) is 14.7. The van der Waals surface area contributed by atoms with Gasteiger partial charge in [0.15, 0.2) is 23.1 Å². The number of anilines is 1. The van der Waals surface area contributed by atoms with E-state index in [9.17, 15) is 19.2 Å². The monoisotopic (exact) mass is 681 g/mol. The summed E-state index contributed by atoms with van der Waals surface area (Å²) < 4.78 is 11.9. The van der Waals surface area contributed by atoms with Crippen LogP contribution in [0, 0.1) is 30.1 Å². The van der Waals surface area contributed by atoms with Crippen LogP contribution in [-0.2, 0) is 22.6 Å². The number of aryl methyl sites for hydroxylation is 1. The largest absolute Gasteiger partial charge is 0.470 e. The molecular formula is C42H39N3O6. The molecule has 0 spiro atoms. The summed E-state index contributed by atoms with van der Waals surface area (Å²) in [5.41, 5.74) is 4.54. The van der Waals surface area contributed by atoms with Crippen LogP contribution in [-0.4, -0.2) is 47.4 Å². The summed E-state index contributed by atoms with van der Waals surface area (Å²) in [5.74, 6) is -2.21. The van der Waals surface area contributed by atoms with E-state index in [2.05, 4.69) is 28.7 Å². The Hall–Kier alpha value is -5.41. The number of ketones is 3. The molecule has 1 aromatic heterocycles. The predicted molar refractivity (Wildman–Crippen MR) is 193 cm³/mol. The number of ether oxygens (including phenoxy) is 1. The van der Waals surface area contributed by atoms with Gasteiger partial charge in [0.1, 0.15) is 12.2 Å². The van der Waals surface area contributed by atoms with Gasteiger partial charge in [-0.1, -0.05) is 60.7 Å². The highest BCUT2D eigenvalue weighted by Crippen LogP contribution is 2.59. The number of fused-ring (bicyclic) bond motifs is 5. The SMILES string of the molecule is CC(=O)Nc1cccc(-c2ccc3cc4c(c(C)c3c2)C(=O)C2C(=O)C3(C)C(=O)c5c(OCc6ccccc6)noc5C(N(C)C)C3CC2C4)c1. The van der Waals surface area contributed by atoms with Gasteiger partial charge in [0.05, 0.1) is 17.4 Å². The van der Waals surface area contributed by atoms with E-state index in [1.54, 1.807) is 6.92 Å². The van der Waals surface area contributed by atoms with Crippen LogP contribution in [0.25, 0.3) is 21.9 Å². The Balaban J connectivity index is 1.17. The number of hydrogen-bond acceptors (Lipinski definition) is 8. The lowest BCUT2D eigenvalue weighted by Crippen LogP contribution is -2.60. The molecule has 3 aliphatic rings. The number of carbonyl (C=O) groups excluding carboxylic acids is 4. The Kier molecular flexibility index (Phi) is 7.79. The first-order chi connectivity index (χ1) is 24.5. The second kappa shape index (κ2) is 12.1. The quantitative estimate of drug-likeness (QED) is 0.184. The third-order valence-corrected chi connectivity index (χ3v) is 11.4. The highest BCUT2D eigenvalue weighted by Gasteiger charge is 2.65. The average Bonchev–Trinajstić information content (AvgIpc) is 3.52. The van der Waals surface area contributed by atoms with Crippen LogP contribution in [0.1, 0.15) is 69.5 Å². The fourth-order valence-electron chi connectivity index (χ4n) is 8.98. The van der Waals surface area contributed by atoms with Crippen LogP contribution in [0.5, 0.6) is 5.88 Å². The van der Waals surface area contributed by atoms with Crippen LogP contribution in [0.4, 0.5) is 5.69 Å². The van der Waals surface area contributed by atoms with Gasteiger partial charge in [0, 0.05) is 24.1 Å². The molecule has 0 bridgehead atoms. The maximum atomic E-state index is 14.9. The van der Waals surface area contributed by atoms with E-state index in [0.717, 1.165) is 38.6 Å². The fourth-order valence-corrected chi connectivity index (χ4v) is 8.98. The van der Waals surface area contributed by atoms with E-state index in [1.807, 2.05) is 86.6 Å². The number of Topliss-reactive ketones (excluding diaryl/α,β-unsaturated/α-hetero) is 3. The van der Waals surface area contributed by atoms with Crippen molar-refractivity contribution < 1.29 is 28.4 Å². The molecule has 0 radical (unpaired) electrons. The molecular weight excluding hydrogens is 642 g/mol. The lowest BCUT2D eigenvalue weighted by molar-refractivity contribution is -0.140. The lowest BCUT2D eigenvalue weighted by atomic mass is 9.49. The maximum absolute atomic E-state index is 14.9. The van der Waals surface area contributed by atoms with E-state index in [4.69, 9.17) is 9.26 Å². The first-order valence-corrected chi connectivity index (χ1v) is 17.4. The number of carbonyl (C=O) groups is 4. The van der Waals surface area contributed by atoms with Crippen molar-refractivity contribution in [3.8, 4) is 17.0 Å². The Morgan fingerprint density at radius 3 is 2.49 bits per heavy atom. The smallest absolute Gasteiger partial charge is 0.265 e. The minimum Gasteiger partial charge on any atom is -0.470 e. The van der Waals surface area contributed by atoms with Crippen LogP contribution >= 0.6 is 0 Å². The van der Waals surface area contributed by atoms with Gasteiger partial charge in [0.2, 0.25) is 5.91 Å². The molecule has 9 heteroatoms. The molecule has 1 heterocycles. The molecule has 0 aliphatic heterocycles. The van der Waals surface area contributed by atoms with Gasteiger partial charge in [-0.15, -0.1) is 0 Å². The third-order valence-electron chi connectivity index (χ3n) is 11.4. The van der Waals surface area contributed by atoms with Gasteiger partial charge in [-0.25, -0.2) is 0 Å². The minimum absolute atomic E-state index is 0.0707. The summed E-state index contributed by atoms with van der Waals surface area (Å²) in [5, 5.41) is 8.97. The number of rotatable bonds is 6. The fraction of sp³-hybridized carbons (Fsp3) is 0.310. The van der Waals surface area contributed by atoms with Crippen molar-refractivity contribution in [2.45, 2.75) is 46.3 Å². The molecule has 1 amide bonds. The van der Waals surface area contributed by atoms with E-state index in [0.29, 0.717) is 29.9 Å². The molecule has 5 aromatic rings. The Morgan fingerprint density at radius 2 is 1.75 bits per heavy atom. The van der Waals surface area contributed by atoms with Crippen LogP contribution < -0.4 is 10.1 Å². The van der Waals surface area contributed by atoms with Crippen molar-refractivity contribution in [2.75, 3.05) is 19.4 Å². The molecule has 9 nitrogen and oxygen atoms in total. The van der Waals surface area contributed by atoms with Crippen molar-refractivity contribution >= 4 is 39.7 Å². The highest BCUT2D eigenvalue weighted by molar-refractivity contribution is 6.25. The Bertz CT molecular complexity index is 2270. The number of benzene rings is 4. The van der Waals surface area contributed by atoms with Crippen molar-refractivity contribution in [1.29, 1.82) is 0 Å². The number of amides is 1. The number of nitrogens with zero attached hydrogens (tertiary/aromatic N) is 2. The number of nitrogens with one attached hydrogen (secondary N) is 1. The average molecular weight is 682 g/mol. The summed E-state index contributed by atoms with van der Waals surface area (Å²) in [4.78, 5) is 57.8. The summed E-state index contributed by atoms with van der Waals surface area (Å²) in [7, 11) is 3.82. The zero-order valence-electron chi connectivity index (χ0n) is 29.3. The lowest BCUT2D eigenvalue weighted by Gasteiger charge is -2.52. The molecule has 258 valence electrons. The summed E-state index contributed by atoms with van der Waals surface area (Å²) in [6, 6.07) is 25.1. The standard InChI is InChI=1S/C42H39N3O6/c1-22-31-19-26(25-12-9-13-30(18-25)43-23(2)46)14-15-27(31)16-28-17-29-20-32-36(45(4)5)38-35(41(44-51-38)50-21-24-10-7-6-8-11-24)40(49)42(32,3)39(48)34(29)37(47)33(22)28/h6-16,18-19,29,32,34,36H,17,20-21H2,1-5H3,(H,43,46). The zero-order chi connectivity index (χ0) is 35.8. The van der Waals surface area contributed by atoms with Gasteiger partial charge in [-0.05, 0) is 109 Å². The molecule has 4 aromatic carbocycles. The first kappa shape index (κ1) is 32.8. The second-order valence-electron chi connectivity index (χ2n) is 14.7. The van der Waals surface area contributed by atoms with Crippen molar-refractivity contribution in [3.63, 3.8) is 0 Å². The normalized spacial score (nSPS) is 23.8. The summed E-state index contributed by atoms with van der Waals surface area (Å²) >= 11 is 0. The van der Waals surface area contributed by atoms with Crippen LogP contribution in [0.15, 0.2) is 83.4 Å². The number of aromatic nitrogens is 1. The molecule has 3 aliphatic carbocycles. The minimum atomic E-state index is -1.47. The summed E-state index contributed by atoms with van der Waals surface area (Å²) in [6.45, 7) is 5.32. The van der Waals surface area contributed by atoms with E-state index < -0.39 is 29.1 Å². The zero-order valence-corrected chi connectivity index (χ0v) is 29.3. The molecule has 5 atom stereocenters. The van der Waals surface area contributed by atoms with Gasteiger partial charge >= 0.3 is 0 Å². The van der Waals surface area contributed by atoms with Gasteiger partial charge in [-0.2, -0.15) is 0 Å². The van der Waals surface area contributed by atoms with Crippen LogP contribution in [0.3, 0.4) is 0 Å². The van der Waals surface area contributed by atoms with E-state index >= 15 is 0 Å².